The highest BCUT2D eigenvalue weighted by Crippen LogP contribution is 2.36. The standard InChI is InChI=1S/C21H26O/c1-15-11-12-21(22)18(13-15)14-20-16(2)7-6-10-19(20)17-8-4-3-5-9-17/h6-7,10-13,17,22H,3-5,8-9,14H2,1-2H3. The van der Waals surface area contributed by atoms with E-state index in [0.29, 0.717) is 11.7 Å². The summed E-state index contributed by atoms with van der Waals surface area (Å²) in [6.45, 7) is 4.29. The van der Waals surface area contributed by atoms with Crippen LogP contribution in [-0.4, -0.2) is 5.11 Å². The van der Waals surface area contributed by atoms with Crippen LogP contribution in [0, 0.1) is 13.8 Å². The first-order chi connectivity index (χ1) is 10.6. The fraction of sp³-hybridized carbons (Fsp3) is 0.429. The molecule has 1 saturated carbocycles. The van der Waals surface area contributed by atoms with Crippen molar-refractivity contribution in [1.29, 1.82) is 0 Å². The van der Waals surface area contributed by atoms with Gasteiger partial charge in [0, 0.05) is 6.42 Å². The zero-order valence-corrected chi connectivity index (χ0v) is 13.7. The van der Waals surface area contributed by atoms with E-state index in [9.17, 15) is 5.11 Å². The zero-order valence-electron chi connectivity index (χ0n) is 13.7. The lowest BCUT2D eigenvalue weighted by atomic mass is 9.80. The van der Waals surface area contributed by atoms with Crippen LogP contribution in [0.15, 0.2) is 36.4 Å². The maximum absolute atomic E-state index is 10.2. The lowest BCUT2D eigenvalue weighted by molar-refractivity contribution is 0.441. The molecule has 116 valence electrons. The highest BCUT2D eigenvalue weighted by molar-refractivity contribution is 5.45. The molecule has 2 aromatic carbocycles. The first-order valence-electron chi connectivity index (χ1n) is 8.52. The molecule has 0 radical (unpaired) electrons. The molecule has 1 aliphatic carbocycles. The van der Waals surface area contributed by atoms with Crippen molar-refractivity contribution in [2.24, 2.45) is 0 Å². The van der Waals surface area contributed by atoms with Crippen molar-refractivity contribution in [3.8, 4) is 5.75 Å². The van der Waals surface area contributed by atoms with E-state index in [1.54, 1.807) is 0 Å². The number of phenols is 1. The highest BCUT2D eigenvalue weighted by Gasteiger charge is 2.20. The second-order valence-corrected chi connectivity index (χ2v) is 6.79. The molecule has 1 aliphatic rings. The second kappa shape index (κ2) is 6.56. The Hall–Kier alpha value is -1.76. The zero-order chi connectivity index (χ0) is 15.5. The van der Waals surface area contributed by atoms with Gasteiger partial charge in [0.25, 0.3) is 0 Å². The van der Waals surface area contributed by atoms with Gasteiger partial charge in [0.05, 0.1) is 0 Å². The Labute approximate surface area is 134 Å². The van der Waals surface area contributed by atoms with Crippen LogP contribution in [0.2, 0.25) is 0 Å². The topological polar surface area (TPSA) is 20.2 Å². The van der Waals surface area contributed by atoms with E-state index in [0.717, 1.165) is 12.0 Å². The maximum Gasteiger partial charge on any atom is 0.119 e. The van der Waals surface area contributed by atoms with E-state index < -0.39 is 0 Å². The van der Waals surface area contributed by atoms with Gasteiger partial charge in [0.2, 0.25) is 0 Å². The summed E-state index contributed by atoms with van der Waals surface area (Å²) in [5.74, 6) is 1.12. The van der Waals surface area contributed by atoms with Crippen molar-refractivity contribution in [2.45, 2.75) is 58.3 Å². The van der Waals surface area contributed by atoms with Gasteiger partial charge >= 0.3 is 0 Å². The first-order valence-corrected chi connectivity index (χ1v) is 8.52. The summed E-state index contributed by atoms with van der Waals surface area (Å²) in [6.07, 6.45) is 7.57. The number of aryl methyl sites for hydroxylation is 2. The Morgan fingerprint density at radius 3 is 2.55 bits per heavy atom. The van der Waals surface area contributed by atoms with Crippen LogP contribution < -0.4 is 0 Å². The van der Waals surface area contributed by atoms with Gasteiger partial charge in [-0.1, -0.05) is 55.2 Å². The van der Waals surface area contributed by atoms with Crippen LogP contribution in [0.1, 0.15) is 65.8 Å². The van der Waals surface area contributed by atoms with Gasteiger partial charge in [-0.25, -0.2) is 0 Å². The maximum atomic E-state index is 10.2. The number of phenolic OH excluding ortho intramolecular Hbond substituents is 1. The molecule has 0 aromatic heterocycles. The molecule has 2 aromatic rings. The molecule has 1 nitrogen and oxygen atoms in total. The van der Waals surface area contributed by atoms with E-state index in [4.69, 9.17) is 0 Å². The van der Waals surface area contributed by atoms with Crippen molar-refractivity contribution >= 4 is 0 Å². The highest BCUT2D eigenvalue weighted by atomic mass is 16.3. The molecule has 0 saturated heterocycles. The fourth-order valence-corrected chi connectivity index (χ4v) is 3.81. The van der Waals surface area contributed by atoms with Crippen LogP contribution in [0.5, 0.6) is 5.75 Å². The van der Waals surface area contributed by atoms with Crippen LogP contribution in [0.3, 0.4) is 0 Å². The minimum Gasteiger partial charge on any atom is -0.508 e. The van der Waals surface area contributed by atoms with Gasteiger partial charge in [0.1, 0.15) is 5.75 Å². The van der Waals surface area contributed by atoms with Gasteiger partial charge in [-0.05, 0) is 60.9 Å². The Bertz CT molecular complexity index is 651. The van der Waals surface area contributed by atoms with Crippen molar-refractivity contribution < 1.29 is 5.11 Å². The summed E-state index contributed by atoms with van der Waals surface area (Å²) in [7, 11) is 0. The Kier molecular flexibility index (Phi) is 4.52. The molecule has 0 spiro atoms. The molecule has 1 N–H and O–H groups in total. The molecular weight excluding hydrogens is 268 g/mol. The average molecular weight is 294 g/mol. The molecule has 0 amide bonds. The molecule has 0 heterocycles. The van der Waals surface area contributed by atoms with Gasteiger partial charge < -0.3 is 5.11 Å². The van der Waals surface area contributed by atoms with Crippen molar-refractivity contribution in [1.82, 2.24) is 0 Å². The molecule has 22 heavy (non-hydrogen) atoms. The Balaban J connectivity index is 1.97. The molecular formula is C21H26O. The molecule has 0 aliphatic heterocycles. The average Bonchev–Trinajstić information content (AvgIpc) is 2.53. The molecule has 1 fully saturated rings. The minimum absolute atomic E-state index is 0.420. The third kappa shape index (κ3) is 3.19. The Morgan fingerprint density at radius 1 is 1.00 bits per heavy atom. The molecule has 3 rings (SSSR count). The summed E-state index contributed by atoms with van der Waals surface area (Å²) in [4.78, 5) is 0. The SMILES string of the molecule is Cc1ccc(O)c(Cc2c(C)cccc2C2CCCCC2)c1. The monoisotopic (exact) mass is 294 g/mol. The lowest BCUT2D eigenvalue weighted by Gasteiger charge is -2.25. The van der Waals surface area contributed by atoms with E-state index >= 15 is 0 Å². The van der Waals surface area contributed by atoms with E-state index in [1.165, 1.54) is 54.4 Å². The van der Waals surface area contributed by atoms with E-state index in [1.807, 2.05) is 12.1 Å². The molecule has 1 heteroatoms. The van der Waals surface area contributed by atoms with Gasteiger partial charge in [-0.2, -0.15) is 0 Å². The number of hydrogen-bond acceptors (Lipinski definition) is 1. The van der Waals surface area contributed by atoms with Crippen LogP contribution in [-0.2, 0) is 6.42 Å². The molecule has 0 unspecified atom stereocenters. The number of aromatic hydroxyl groups is 1. The summed E-state index contributed by atoms with van der Waals surface area (Å²) in [6, 6.07) is 12.6. The predicted molar refractivity (Wildman–Crippen MR) is 92.7 cm³/mol. The molecule has 0 atom stereocenters. The summed E-state index contributed by atoms with van der Waals surface area (Å²) < 4.78 is 0. The Morgan fingerprint density at radius 2 is 1.77 bits per heavy atom. The van der Waals surface area contributed by atoms with Crippen LogP contribution >= 0.6 is 0 Å². The first kappa shape index (κ1) is 15.1. The van der Waals surface area contributed by atoms with Crippen LogP contribution in [0.4, 0.5) is 0 Å². The molecule has 0 bridgehead atoms. The largest absolute Gasteiger partial charge is 0.508 e. The van der Waals surface area contributed by atoms with Crippen molar-refractivity contribution in [3.05, 3.63) is 64.2 Å². The third-order valence-electron chi connectivity index (χ3n) is 5.09. The fourth-order valence-electron chi connectivity index (χ4n) is 3.81. The van der Waals surface area contributed by atoms with Gasteiger partial charge in [-0.3, -0.25) is 0 Å². The predicted octanol–water partition coefficient (Wildman–Crippen LogP) is 5.65. The second-order valence-electron chi connectivity index (χ2n) is 6.79. The number of benzene rings is 2. The van der Waals surface area contributed by atoms with Crippen molar-refractivity contribution in [2.75, 3.05) is 0 Å². The van der Waals surface area contributed by atoms with Gasteiger partial charge in [0.15, 0.2) is 0 Å². The lowest BCUT2D eigenvalue weighted by Crippen LogP contribution is -2.09. The van der Waals surface area contributed by atoms with Crippen molar-refractivity contribution in [3.63, 3.8) is 0 Å². The van der Waals surface area contributed by atoms with Gasteiger partial charge in [-0.15, -0.1) is 0 Å². The summed E-state index contributed by atoms with van der Waals surface area (Å²) >= 11 is 0. The summed E-state index contributed by atoms with van der Waals surface area (Å²) in [5, 5.41) is 10.2. The smallest absolute Gasteiger partial charge is 0.119 e. The van der Waals surface area contributed by atoms with E-state index in [-0.39, 0.29) is 0 Å². The number of rotatable bonds is 3. The van der Waals surface area contributed by atoms with Crippen LogP contribution in [0.25, 0.3) is 0 Å². The summed E-state index contributed by atoms with van der Waals surface area (Å²) in [5.41, 5.74) is 6.55. The quantitative estimate of drug-likeness (QED) is 0.775. The third-order valence-corrected chi connectivity index (χ3v) is 5.09. The number of hydrogen-bond donors (Lipinski definition) is 1. The normalized spacial score (nSPS) is 15.9. The minimum atomic E-state index is 0.420. The van der Waals surface area contributed by atoms with E-state index in [2.05, 4.69) is 38.1 Å².